The third-order valence-corrected chi connectivity index (χ3v) is 4.70. The lowest BCUT2D eigenvalue weighted by Crippen LogP contribution is -2.40. The maximum absolute atomic E-state index is 9.34. The first-order chi connectivity index (χ1) is 9.79. The molecule has 0 radical (unpaired) electrons. The van der Waals surface area contributed by atoms with Gasteiger partial charge in [-0.15, -0.1) is 0 Å². The lowest BCUT2D eigenvalue weighted by molar-refractivity contribution is 0.0454. The SMILES string of the molecule is N#Cc1cc(Br)cnc1N1CCCC1C1CCCOC1. The van der Waals surface area contributed by atoms with Gasteiger partial charge >= 0.3 is 0 Å². The first-order valence-corrected chi connectivity index (χ1v) is 7.99. The summed E-state index contributed by atoms with van der Waals surface area (Å²) in [6.07, 6.45) is 6.50. The first kappa shape index (κ1) is 13.8. The van der Waals surface area contributed by atoms with Crippen LogP contribution in [0.25, 0.3) is 0 Å². The Balaban J connectivity index is 1.86. The van der Waals surface area contributed by atoms with E-state index in [0.717, 1.165) is 36.5 Å². The van der Waals surface area contributed by atoms with Gasteiger partial charge in [0.25, 0.3) is 0 Å². The maximum Gasteiger partial charge on any atom is 0.146 e. The van der Waals surface area contributed by atoms with E-state index in [9.17, 15) is 5.26 Å². The van der Waals surface area contributed by atoms with Crippen LogP contribution in [0.1, 0.15) is 31.2 Å². The second-order valence-corrected chi connectivity index (χ2v) is 6.43. The summed E-state index contributed by atoms with van der Waals surface area (Å²) in [4.78, 5) is 6.82. The van der Waals surface area contributed by atoms with Crippen molar-refractivity contribution in [2.45, 2.75) is 31.7 Å². The van der Waals surface area contributed by atoms with Crippen LogP contribution in [-0.2, 0) is 4.74 Å². The van der Waals surface area contributed by atoms with Crippen LogP contribution in [-0.4, -0.2) is 30.8 Å². The largest absolute Gasteiger partial charge is 0.381 e. The molecule has 20 heavy (non-hydrogen) atoms. The first-order valence-electron chi connectivity index (χ1n) is 7.19. The predicted molar refractivity (Wildman–Crippen MR) is 80.6 cm³/mol. The van der Waals surface area contributed by atoms with Crippen molar-refractivity contribution in [2.24, 2.45) is 5.92 Å². The molecule has 0 bridgehead atoms. The molecule has 2 aliphatic heterocycles. The Labute approximate surface area is 127 Å². The molecule has 0 N–H and O–H groups in total. The normalized spacial score (nSPS) is 26.5. The monoisotopic (exact) mass is 335 g/mol. The van der Waals surface area contributed by atoms with Crippen molar-refractivity contribution in [1.29, 1.82) is 5.26 Å². The second kappa shape index (κ2) is 6.11. The predicted octanol–water partition coefficient (Wildman–Crippen LogP) is 3.11. The van der Waals surface area contributed by atoms with Gasteiger partial charge in [0.2, 0.25) is 0 Å². The summed E-state index contributed by atoms with van der Waals surface area (Å²) in [6.45, 7) is 2.73. The van der Waals surface area contributed by atoms with Gasteiger partial charge in [0.1, 0.15) is 11.9 Å². The molecular formula is C15H18BrN3O. The number of nitrogens with zero attached hydrogens (tertiary/aromatic N) is 3. The van der Waals surface area contributed by atoms with E-state index in [-0.39, 0.29) is 0 Å². The Morgan fingerprint density at radius 1 is 1.40 bits per heavy atom. The summed E-state index contributed by atoms with van der Waals surface area (Å²) >= 11 is 3.39. The molecule has 0 saturated carbocycles. The van der Waals surface area contributed by atoms with Crippen molar-refractivity contribution in [3.8, 4) is 6.07 Å². The Hall–Kier alpha value is -1.12. The van der Waals surface area contributed by atoms with Crippen LogP contribution in [0.4, 0.5) is 5.82 Å². The highest BCUT2D eigenvalue weighted by Gasteiger charge is 2.34. The molecule has 4 nitrogen and oxygen atoms in total. The quantitative estimate of drug-likeness (QED) is 0.833. The van der Waals surface area contributed by atoms with E-state index in [1.54, 1.807) is 6.20 Å². The molecule has 0 aromatic carbocycles. The number of hydrogen-bond acceptors (Lipinski definition) is 4. The van der Waals surface area contributed by atoms with Crippen molar-refractivity contribution in [3.63, 3.8) is 0 Å². The van der Waals surface area contributed by atoms with Gasteiger partial charge in [-0.1, -0.05) is 0 Å². The number of anilines is 1. The number of rotatable bonds is 2. The zero-order chi connectivity index (χ0) is 13.9. The highest BCUT2D eigenvalue weighted by Crippen LogP contribution is 2.34. The summed E-state index contributed by atoms with van der Waals surface area (Å²) in [5, 5.41) is 9.34. The van der Waals surface area contributed by atoms with Gasteiger partial charge in [0.05, 0.1) is 12.2 Å². The Morgan fingerprint density at radius 2 is 2.30 bits per heavy atom. The average Bonchev–Trinajstić information content (AvgIpc) is 2.97. The van der Waals surface area contributed by atoms with E-state index < -0.39 is 0 Å². The van der Waals surface area contributed by atoms with Crippen molar-refractivity contribution < 1.29 is 4.74 Å². The van der Waals surface area contributed by atoms with Gasteiger partial charge in [-0.2, -0.15) is 5.26 Å². The maximum atomic E-state index is 9.34. The van der Waals surface area contributed by atoms with Gasteiger partial charge in [0.15, 0.2) is 0 Å². The standard InChI is InChI=1S/C15H18BrN3O/c16-13-7-12(8-17)15(18-9-13)19-5-1-4-14(19)11-3-2-6-20-10-11/h7,9,11,14H,1-6,10H2. The molecule has 1 aromatic heterocycles. The number of aromatic nitrogens is 1. The highest BCUT2D eigenvalue weighted by atomic mass is 79.9. The number of nitriles is 1. The molecule has 2 fully saturated rings. The topological polar surface area (TPSA) is 49.2 Å². The lowest BCUT2D eigenvalue weighted by Gasteiger charge is -2.34. The minimum Gasteiger partial charge on any atom is -0.381 e. The fourth-order valence-electron chi connectivity index (χ4n) is 3.36. The van der Waals surface area contributed by atoms with E-state index in [4.69, 9.17) is 4.74 Å². The van der Waals surface area contributed by atoms with E-state index in [1.165, 1.54) is 19.3 Å². The van der Waals surface area contributed by atoms with Gasteiger partial charge in [-0.3, -0.25) is 0 Å². The molecular weight excluding hydrogens is 318 g/mol. The summed E-state index contributed by atoms with van der Waals surface area (Å²) in [7, 11) is 0. The van der Waals surface area contributed by atoms with E-state index in [2.05, 4.69) is 31.9 Å². The summed E-state index contributed by atoms with van der Waals surface area (Å²) < 4.78 is 6.49. The highest BCUT2D eigenvalue weighted by molar-refractivity contribution is 9.10. The molecule has 3 rings (SSSR count). The van der Waals surface area contributed by atoms with Crippen LogP contribution in [0.2, 0.25) is 0 Å². The summed E-state index contributed by atoms with van der Waals surface area (Å²) in [5.41, 5.74) is 0.656. The number of halogens is 1. The van der Waals surface area contributed by atoms with Gasteiger partial charge in [-0.05, 0) is 47.7 Å². The van der Waals surface area contributed by atoms with Crippen LogP contribution in [0.15, 0.2) is 16.7 Å². The van der Waals surface area contributed by atoms with Gasteiger partial charge in [-0.25, -0.2) is 4.98 Å². The molecule has 2 aliphatic rings. The number of pyridine rings is 1. The van der Waals surface area contributed by atoms with E-state index >= 15 is 0 Å². The average molecular weight is 336 g/mol. The third kappa shape index (κ3) is 2.68. The van der Waals surface area contributed by atoms with Crippen molar-refractivity contribution in [2.75, 3.05) is 24.7 Å². The smallest absolute Gasteiger partial charge is 0.146 e. The number of hydrogen-bond donors (Lipinski definition) is 0. The van der Waals surface area contributed by atoms with Gasteiger partial charge in [0, 0.05) is 35.8 Å². The molecule has 5 heteroatoms. The van der Waals surface area contributed by atoms with Crippen LogP contribution in [0.3, 0.4) is 0 Å². The Kier molecular flexibility index (Phi) is 4.23. The molecule has 2 unspecified atom stereocenters. The molecule has 2 saturated heterocycles. The fourth-order valence-corrected chi connectivity index (χ4v) is 3.69. The van der Waals surface area contributed by atoms with Crippen LogP contribution < -0.4 is 4.90 Å². The zero-order valence-electron chi connectivity index (χ0n) is 11.4. The minimum atomic E-state index is 0.469. The Bertz CT molecular complexity index is 522. The molecule has 106 valence electrons. The summed E-state index contributed by atoms with van der Waals surface area (Å²) in [5.74, 6) is 1.41. The van der Waals surface area contributed by atoms with Crippen LogP contribution in [0.5, 0.6) is 0 Å². The van der Waals surface area contributed by atoms with Crippen molar-refractivity contribution in [1.82, 2.24) is 4.98 Å². The van der Waals surface area contributed by atoms with E-state index in [1.807, 2.05) is 6.07 Å². The van der Waals surface area contributed by atoms with E-state index in [0.29, 0.717) is 17.5 Å². The zero-order valence-corrected chi connectivity index (χ0v) is 13.0. The molecule has 0 spiro atoms. The molecule has 3 heterocycles. The summed E-state index contributed by atoms with van der Waals surface area (Å²) in [6, 6.07) is 4.60. The lowest BCUT2D eigenvalue weighted by atomic mass is 9.92. The molecule has 0 aliphatic carbocycles. The molecule has 2 atom stereocenters. The second-order valence-electron chi connectivity index (χ2n) is 5.52. The van der Waals surface area contributed by atoms with Gasteiger partial charge < -0.3 is 9.64 Å². The van der Waals surface area contributed by atoms with Crippen LogP contribution in [0, 0.1) is 17.2 Å². The minimum absolute atomic E-state index is 0.469. The van der Waals surface area contributed by atoms with Crippen LogP contribution >= 0.6 is 15.9 Å². The molecule has 1 aromatic rings. The fraction of sp³-hybridized carbons (Fsp3) is 0.600. The molecule has 0 amide bonds. The van der Waals surface area contributed by atoms with Crippen molar-refractivity contribution >= 4 is 21.7 Å². The third-order valence-electron chi connectivity index (χ3n) is 4.26. The Morgan fingerprint density at radius 3 is 3.05 bits per heavy atom. The van der Waals surface area contributed by atoms with Crippen molar-refractivity contribution in [3.05, 3.63) is 22.3 Å². The number of ether oxygens (including phenoxy) is 1.